The lowest BCUT2D eigenvalue weighted by Crippen LogP contribution is -2.46. The van der Waals surface area contributed by atoms with E-state index in [2.05, 4.69) is 27.8 Å². The van der Waals surface area contributed by atoms with Crippen molar-refractivity contribution in [3.8, 4) is 11.5 Å². The Morgan fingerprint density at radius 3 is 0.899 bits per heavy atom. The molecule has 31 heteroatoms. The van der Waals surface area contributed by atoms with E-state index in [0.717, 1.165) is 257 Å². The van der Waals surface area contributed by atoms with Gasteiger partial charge in [0, 0.05) is 30.8 Å². The average molecular weight is 2200 g/mol. The molecule has 0 amide bonds. The van der Waals surface area contributed by atoms with Gasteiger partial charge in [0.25, 0.3) is 0 Å². The monoisotopic (exact) mass is 2200 g/mol. The Labute approximate surface area is 885 Å². The van der Waals surface area contributed by atoms with Crippen molar-refractivity contribution in [1.82, 2.24) is 0 Å². The molecule has 13 rings (SSSR count). The number of morpholine rings is 1. The van der Waals surface area contributed by atoms with Crippen LogP contribution in [0.25, 0.3) is 0 Å². The van der Waals surface area contributed by atoms with Gasteiger partial charge in [-0.2, -0.15) is 0 Å². The first-order valence-electron chi connectivity index (χ1n) is 55.0. The summed E-state index contributed by atoms with van der Waals surface area (Å²) in [6.07, 6.45) is 30.6. The first kappa shape index (κ1) is 127. The van der Waals surface area contributed by atoms with E-state index in [4.69, 9.17) is 9.47 Å². The maximum atomic E-state index is 15.0. The van der Waals surface area contributed by atoms with Crippen LogP contribution in [0.5, 0.6) is 11.5 Å². The van der Waals surface area contributed by atoms with Crippen molar-refractivity contribution in [2.75, 3.05) is 59.6 Å². The van der Waals surface area contributed by atoms with Gasteiger partial charge in [0.05, 0.1) is 91.0 Å². The highest BCUT2D eigenvalue weighted by Gasteiger charge is 2.37. The van der Waals surface area contributed by atoms with Crippen LogP contribution >= 0.6 is 0 Å². The largest absolute Gasteiger partial charge is 0.573 e. The minimum absolute atomic E-state index is 0.0547. The molecule has 16 nitrogen and oxygen atoms in total. The summed E-state index contributed by atoms with van der Waals surface area (Å²) in [5, 5.41) is -1.72. The Bertz CT molecular complexity index is 5630. The molecular weight excluding hydrogens is 2020 g/mol. The van der Waals surface area contributed by atoms with E-state index in [1.807, 2.05) is 51.1 Å². The van der Waals surface area contributed by atoms with Crippen molar-refractivity contribution in [3.05, 3.63) is 195 Å². The number of ether oxygens (including phenoxy) is 3. The number of alkyl halides is 3. The predicted octanol–water partition coefficient (Wildman–Crippen LogP) is 28.2. The van der Waals surface area contributed by atoms with Gasteiger partial charge in [-0.1, -0.05) is 138 Å². The summed E-state index contributed by atoms with van der Waals surface area (Å²) >= 11 is 0. The maximum Gasteiger partial charge on any atom is 0.573 e. The third-order valence-corrected chi connectivity index (χ3v) is 46.5. The van der Waals surface area contributed by atoms with E-state index in [-0.39, 0.29) is 102 Å². The molecule has 2 atom stereocenters. The normalized spacial score (nSPS) is 23.5. The minimum Gasteiger partial charge on any atom is -0.497 e. The van der Waals surface area contributed by atoms with Gasteiger partial charge in [-0.05, 0) is 411 Å². The third-order valence-electron chi connectivity index (χ3n) is 32.2. The molecule has 7 aliphatic rings. The SMILES string of the molecule is CC(C)S(=O)(=O)CC1CCC(CCc2c(F)cc(F)cc2F)CC1.CC(C)S(=O)(=O)CC1CCC(CCc2ccc(OC(F)(F)F)cc2)CC1.CC(C)S(=O)(=O)CC1CCC(CCc2cccc(F)c2)CC1.CC(C)S(=O)(=O)CC1CCC(CCc2ccccc2F)CC1.COc1ccc(CCC2CCC(CS(=O)(=O)C(C)C)CC2)cc1.Cc1cc(CCC2CCC(CS(=O)(=O)C(C)C)CC2)cc(F)c1N1C[C@@H](C)O[C@@H](C)C1. The number of anilines is 1. The first-order chi connectivity index (χ1) is 69.4. The van der Waals surface area contributed by atoms with Gasteiger partial charge in [-0.15, -0.1) is 13.2 Å². The Morgan fingerprint density at radius 2 is 0.601 bits per heavy atom. The van der Waals surface area contributed by atoms with Crippen molar-refractivity contribution < 1.29 is 104 Å². The molecule has 148 heavy (non-hydrogen) atoms. The fraction of sp³-hybridized carbons (Fsp3) is 0.692. The van der Waals surface area contributed by atoms with Crippen LogP contribution < -0.4 is 14.4 Å². The molecule has 1 aliphatic heterocycles. The van der Waals surface area contributed by atoms with Gasteiger partial charge in [-0.25, -0.2) is 76.8 Å². The molecule has 838 valence electrons. The molecule has 6 aliphatic carbocycles. The number of nitrogens with zero attached hydrogens (tertiary/aromatic N) is 1. The summed E-state index contributed by atoms with van der Waals surface area (Å²) in [7, 11) is -16.0. The Balaban J connectivity index is 0.000000217. The summed E-state index contributed by atoms with van der Waals surface area (Å²) in [5.41, 5.74) is 6.94. The molecular formula is C117H176F9NO15S6. The molecule has 6 saturated carbocycles. The third kappa shape index (κ3) is 44.5. The minimum atomic E-state index is -4.66. The topological polar surface area (TPSA) is 236 Å². The molecule has 0 N–H and O–H groups in total. The van der Waals surface area contributed by atoms with Gasteiger partial charge in [0.15, 0.2) is 59.0 Å². The fourth-order valence-electron chi connectivity index (χ4n) is 22.0. The zero-order valence-corrected chi connectivity index (χ0v) is 96.0. The van der Waals surface area contributed by atoms with E-state index >= 15 is 4.39 Å². The number of hydrogen-bond acceptors (Lipinski definition) is 16. The van der Waals surface area contributed by atoms with E-state index in [1.165, 1.54) is 49.1 Å². The molecule has 0 radical (unpaired) electrons. The van der Waals surface area contributed by atoms with Crippen molar-refractivity contribution in [2.24, 2.45) is 71.0 Å². The van der Waals surface area contributed by atoms with E-state index in [9.17, 15) is 85.6 Å². The quantitative estimate of drug-likeness (QED) is 0.0326. The number of benzene rings is 6. The number of rotatable bonds is 39. The van der Waals surface area contributed by atoms with E-state index in [1.54, 1.807) is 127 Å². The van der Waals surface area contributed by atoms with Gasteiger partial charge in [0.2, 0.25) is 0 Å². The van der Waals surface area contributed by atoms with Crippen LogP contribution in [0.3, 0.4) is 0 Å². The highest BCUT2D eigenvalue weighted by Crippen LogP contribution is 2.42. The zero-order chi connectivity index (χ0) is 109. The molecule has 0 unspecified atom stereocenters. The van der Waals surface area contributed by atoms with Gasteiger partial charge >= 0.3 is 6.36 Å². The van der Waals surface area contributed by atoms with E-state index < -0.39 is 82.8 Å². The standard InChI is InChI=1S/C25H40FNO3S.C19H27F3O3S.C19H30O3S.C18H25F3O2S.2C18H27FO2S/c1-17(2)31(28,29)16-22-9-6-21(7-10-22)8-11-23-12-18(3)25(24(26)13-23)27-14-19(4)30-20(5)15-27;1-14(2)26(23,24)13-17-7-5-15(6-8-17)3-4-16-9-11-18(12-10-16)25-19(20,21)22;1-15(2)23(20,21)14-18-8-6-16(7-9-18)4-5-17-10-12-19(22-3)13-11-17;1-12(2)24(22,23)11-14-5-3-13(4-6-14)7-8-16-17(20)9-15(19)10-18(16)21;1-14(2)22(20,21)13-17-10-7-15(8-11-17)6-9-16-4-3-5-18(19)12-16;1-14(2)22(20,21)13-16-9-7-15(8-10-16)11-12-17-5-3-4-6-18(17)19/h12-13,17,19-22H,6-11,14-16H2,1-5H3;9-12,14-15,17H,3-8,13H2,1-2H3;10-13,15-16,18H,4-9,14H2,1-3H3;9-10,12-14H,3-8,11H2,1-2H3;3-5,12,14-15,17H,6-11,13H2,1-2H3;3-6,14-16H,7-13H2,1-2H3/t19-,20+,21?,22?;;;;;. The van der Waals surface area contributed by atoms with Gasteiger partial charge in [-0.3, -0.25) is 0 Å². The molecule has 0 spiro atoms. The van der Waals surface area contributed by atoms with Crippen LogP contribution in [-0.2, 0) is 102 Å². The highest BCUT2D eigenvalue weighted by molar-refractivity contribution is 7.93. The molecule has 6 aromatic rings. The summed E-state index contributed by atoms with van der Waals surface area (Å²) in [5.74, 6) is 4.96. The fourth-order valence-corrected chi connectivity index (χ4v) is 30.3. The summed E-state index contributed by atoms with van der Waals surface area (Å²) < 4.78 is 278. The Morgan fingerprint density at radius 1 is 0.311 bits per heavy atom. The molecule has 6 aromatic carbocycles. The number of hydrogen-bond donors (Lipinski definition) is 0. The summed E-state index contributed by atoms with van der Waals surface area (Å²) in [6, 6.07) is 33.4. The summed E-state index contributed by atoms with van der Waals surface area (Å²) in [4.78, 5) is 2.12. The van der Waals surface area contributed by atoms with Crippen LogP contribution in [0.4, 0.5) is 45.2 Å². The molecule has 0 bridgehead atoms. The van der Waals surface area contributed by atoms with Crippen LogP contribution in [0, 0.1) is 113 Å². The lowest BCUT2D eigenvalue weighted by Gasteiger charge is -2.37. The Kier molecular flexibility index (Phi) is 51.6. The second-order valence-electron chi connectivity index (χ2n) is 45.8. The van der Waals surface area contributed by atoms with E-state index in [0.29, 0.717) is 94.8 Å². The number of aryl methyl sites for hydroxylation is 6. The second kappa shape index (κ2) is 60.2. The van der Waals surface area contributed by atoms with Crippen molar-refractivity contribution in [3.63, 3.8) is 0 Å². The Hall–Kier alpha value is -6.25. The second-order valence-corrected chi connectivity index (χ2v) is 61.4. The molecule has 0 aromatic heterocycles. The van der Waals surface area contributed by atoms with Crippen molar-refractivity contribution in [2.45, 2.75) is 385 Å². The van der Waals surface area contributed by atoms with Gasteiger partial charge < -0.3 is 19.1 Å². The lowest BCUT2D eigenvalue weighted by atomic mass is 9.80. The molecule has 1 heterocycles. The number of sulfone groups is 6. The smallest absolute Gasteiger partial charge is 0.497 e. The molecule has 1 saturated heterocycles. The van der Waals surface area contributed by atoms with Crippen LogP contribution in [0.15, 0.2) is 121 Å². The van der Waals surface area contributed by atoms with Gasteiger partial charge in [0.1, 0.15) is 46.4 Å². The first-order valence-corrected chi connectivity index (χ1v) is 65.3. The summed E-state index contributed by atoms with van der Waals surface area (Å²) in [6.45, 7) is 28.5. The lowest BCUT2D eigenvalue weighted by molar-refractivity contribution is -0.274. The number of halogens is 9. The van der Waals surface area contributed by atoms with Crippen molar-refractivity contribution >= 4 is 64.7 Å². The average Bonchev–Trinajstić information content (AvgIpc) is 0.800. The van der Waals surface area contributed by atoms with Crippen LogP contribution in [0.2, 0.25) is 0 Å². The zero-order valence-electron chi connectivity index (χ0n) is 91.1. The van der Waals surface area contributed by atoms with Crippen LogP contribution in [0.1, 0.15) is 329 Å². The molecule has 7 fully saturated rings. The van der Waals surface area contributed by atoms with Crippen molar-refractivity contribution in [1.29, 1.82) is 0 Å². The number of methoxy groups -OCH3 is 1. The maximum absolute atomic E-state index is 15.0. The predicted molar refractivity (Wildman–Crippen MR) is 585 cm³/mol. The van der Waals surface area contributed by atoms with Crippen LogP contribution in [-0.4, -0.2) is 155 Å². The highest BCUT2D eigenvalue weighted by atomic mass is 32.2.